The van der Waals surface area contributed by atoms with E-state index in [0.717, 1.165) is 0 Å². The van der Waals surface area contributed by atoms with Gasteiger partial charge in [0.2, 0.25) is 5.91 Å². The molecule has 104 valence electrons. The molecule has 1 atom stereocenters. The van der Waals surface area contributed by atoms with Crippen LogP contribution < -0.4 is 11.1 Å². The molecule has 0 aliphatic carbocycles. The molecule has 0 aliphatic rings. The van der Waals surface area contributed by atoms with Crippen molar-refractivity contribution in [3.05, 3.63) is 64.4 Å². The van der Waals surface area contributed by atoms with Gasteiger partial charge in [-0.2, -0.15) is 0 Å². The van der Waals surface area contributed by atoms with Crippen molar-refractivity contribution >= 4 is 27.5 Å². The first-order valence-electron chi connectivity index (χ1n) is 6.02. The van der Waals surface area contributed by atoms with Crippen molar-refractivity contribution in [2.75, 3.05) is 5.32 Å². The number of benzene rings is 2. The Morgan fingerprint density at radius 1 is 1.25 bits per heavy atom. The maximum Gasteiger partial charge on any atom is 0.248 e. The van der Waals surface area contributed by atoms with Crippen molar-refractivity contribution in [1.82, 2.24) is 0 Å². The standard InChI is InChI=1S/C15H14BrFN2O/c1-15(18,10-5-3-2-4-6-10)14(20)19-13-9-11(17)7-8-12(13)16/h2-9H,18H2,1H3,(H,19,20). The van der Waals surface area contributed by atoms with Gasteiger partial charge in [0.15, 0.2) is 0 Å². The van der Waals surface area contributed by atoms with Crippen LogP contribution in [0.15, 0.2) is 53.0 Å². The summed E-state index contributed by atoms with van der Waals surface area (Å²) in [5.41, 5.74) is 5.93. The fourth-order valence-electron chi connectivity index (χ4n) is 1.76. The summed E-state index contributed by atoms with van der Waals surface area (Å²) in [6.45, 7) is 1.62. The Bertz CT molecular complexity index is 629. The Morgan fingerprint density at radius 3 is 2.55 bits per heavy atom. The molecule has 0 heterocycles. The highest BCUT2D eigenvalue weighted by Crippen LogP contribution is 2.26. The number of hydrogen-bond donors (Lipinski definition) is 2. The van der Waals surface area contributed by atoms with Crippen molar-refractivity contribution < 1.29 is 9.18 Å². The normalized spacial score (nSPS) is 13.6. The van der Waals surface area contributed by atoms with Gasteiger partial charge in [0.1, 0.15) is 11.4 Å². The van der Waals surface area contributed by atoms with E-state index in [1.54, 1.807) is 19.1 Å². The Kier molecular flexibility index (Phi) is 4.20. The van der Waals surface area contributed by atoms with Crippen LogP contribution in [0.1, 0.15) is 12.5 Å². The molecular weight excluding hydrogens is 323 g/mol. The molecule has 0 fully saturated rings. The van der Waals surface area contributed by atoms with E-state index in [-0.39, 0.29) is 0 Å². The summed E-state index contributed by atoms with van der Waals surface area (Å²) in [4.78, 5) is 12.3. The van der Waals surface area contributed by atoms with Crippen LogP contribution in [-0.4, -0.2) is 5.91 Å². The molecule has 2 aromatic rings. The quantitative estimate of drug-likeness (QED) is 0.902. The second kappa shape index (κ2) is 5.73. The summed E-state index contributed by atoms with van der Waals surface area (Å²) in [5.74, 6) is -0.836. The summed E-state index contributed by atoms with van der Waals surface area (Å²) in [6, 6.07) is 13.1. The summed E-state index contributed by atoms with van der Waals surface area (Å²) >= 11 is 3.26. The van der Waals surface area contributed by atoms with Gasteiger partial charge in [-0.25, -0.2) is 4.39 Å². The Hall–Kier alpha value is -1.72. The average molecular weight is 337 g/mol. The SMILES string of the molecule is CC(N)(C(=O)Nc1cc(F)ccc1Br)c1ccccc1. The molecule has 0 aromatic heterocycles. The maximum atomic E-state index is 13.2. The minimum absolute atomic E-state index is 0.350. The van der Waals surface area contributed by atoms with E-state index < -0.39 is 17.3 Å². The molecule has 5 heteroatoms. The summed E-state index contributed by atoms with van der Waals surface area (Å²) in [5, 5.41) is 2.64. The number of amides is 1. The lowest BCUT2D eigenvalue weighted by atomic mass is 9.92. The van der Waals surface area contributed by atoms with Crippen LogP contribution in [-0.2, 0) is 10.3 Å². The van der Waals surface area contributed by atoms with Crippen molar-refractivity contribution in [2.45, 2.75) is 12.5 Å². The van der Waals surface area contributed by atoms with Gasteiger partial charge in [0, 0.05) is 4.47 Å². The zero-order valence-corrected chi connectivity index (χ0v) is 12.4. The first-order chi connectivity index (χ1) is 9.41. The van der Waals surface area contributed by atoms with E-state index in [4.69, 9.17) is 5.73 Å². The number of anilines is 1. The number of halogens is 2. The van der Waals surface area contributed by atoms with Gasteiger partial charge in [-0.05, 0) is 46.6 Å². The van der Waals surface area contributed by atoms with Gasteiger partial charge in [-0.1, -0.05) is 30.3 Å². The van der Waals surface area contributed by atoms with Gasteiger partial charge in [-0.3, -0.25) is 4.79 Å². The zero-order valence-electron chi connectivity index (χ0n) is 10.9. The fraction of sp³-hybridized carbons (Fsp3) is 0.133. The Morgan fingerprint density at radius 2 is 1.90 bits per heavy atom. The number of nitrogens with one attached hydrogen (secondary N) is 1. The van der Waals surface area contributed by atoms with E-state index in [1.165, 1.54) is 18.2 Å². The molecule has 3 nitrogen and oxygen atoms in total. The summed E-state index contributed by atoms with van der Waals surface area (Å²) in [6.07, 6.45) is 0. The first kappa shape index (κ1) is 14.7. The van der Waals surface area contributed by atoms with Crippen molar-refractivity contribution in [3.8, 4) is 0 Å². The van der Waals surface area contributed by atoms with Crippen LogP contribution in [0.3, 0.4) is 0 Å². The lowest BCUT2D eigenvalue weighted by molar-refractivity contribution is -0.120. The van der Waals surface area contributed by atoms with Crippen molar-refractivity contribution in [1.29, 1.82) is 0 Å². The third kappa shape index (κ3) is 3.05. The van der Waals surface area contributed by atoms with Gasteiger partial charge in [0.05, 0.1) is 5.69 Å². The maximum absolute atomic E-state index is 13.2. The van der Waals surface area contributed by atoms with Crippen LogP contribution in [0.2, 0.25) is 0 Å². The van der Waals surface area contributed by atoms with Crippen LogP contribution >= 0.6 is 15.9 Å². The highest BCUT2D eigenvalue weighted by atomic mass is 79.9. The predicted octanol–water partition coefficient (Wildman–Crippen LogP) is 3.40. The Labute approximate surface area is 125 Å². The van der Waals surface area contributed by atoms with Crippen LogP contribution in [0.4, 0.5) is 10.1 Å². The molecular formula is C15H14BrFN2O. The number of carbonyl (C=O) groups is 1. The minimum Gasteiger partial charge on any atom is -0.323 e. The van der Waals surface area contributed by atoms with Crippen LogP contribution in [0, 0.1) is 5.82 Å². The van der Waals surface area contributed by atoms with E-state index in [9.17, 15) is 9.18 Å². The smallest absolute Gasteiger partial charge is 0.248 e. The second-order valence-corrected chi connectivity index (χ2v) is 5.50. The van der Waals surface area contributed by atoms with Gasteiger partial charge < -0.3 is 11.1 Å². The largest absolute Gasteiger partial charge is 0.323 e. The molecule has 0 saturated heterocycles. The monoisotopic (exact) mass is 336 g/mol. The van der Waals surface area contributed by atoms with E-state index >= 15 is 0 Å². The minimum atomic E-state index is -1.20. The van der Waals surface area contributed by atoms with Crippen LogP contribution in [0.5, 0.6) is 0 Å². The second-order valence-electron chi connectivity index (χ2n) is 4.65. The van der Waals surface area contributed by atoms with E-state index in [0.29, 0.717) is 15.7 Å². The van der Waals surface area contributed by atoms with Gasteiger partial charge >= 0.3 is 0 Å². The lowest BCUT2D eigenvalue weighted by Crippen LogP contribution is -2.45. The number of rotatable bonds is 3. The van der Waals surface area contributed by atoms with Gasteiger partial charge in [0.25, 0.3) is 0 Å². The van der Waals surface area contributed by atoms with Crippen molar-refractivity contribution in [2.24, 2.45) is 5.73 Å². The summed E-state index contributed by atoms with van der Waals surface area (Å²) in [7, 11) is 0. The first-order valence-corrected chi connectivity index (χ1v) is 6.81. The Balaban J connectivity index is 2.26. The highest BCUT2D eigenvalue weighted by Gasteiger charge is 2.30. The van der Waals surface area contributed by atoms with E-state index in [2.05, 4.69) is 21.2 Å². The molecule has 0 bridgehead atoms. The molecule has 2 rings (SSSR count). The number of hydrogen-bond acceptors (Lipinski definition) is 2. The molecule has 1 amide bonds. The van der Waals surface area contributed by atoms with Crippen LogP contribution in [0.25, 0.3) is 0 Å². The molecule has 0 aliphatic heterocycles. The fourth-order valence-corrected chi connectivity index (χ4v) is 2.11. The summed E-state index contributed by atoms with van der Waals surface area (Å²) < 4.78 is 13.8. The average Bonchev–Trinajstić information content (AvgIpc) is 2.43. The topological polar surface area (TPSA) is 55.1 Å². The molecule has 0 radical (unpaired) electrons. The number of nitrogens with two attached hydrogens (primary N) is 1. The molecule has 1 unspecified atom stereocenters. The molecule has 3 N–H and O–H groups in total. The molecule has 2 aromatic carbocycles. The lowest BCUT2D eigenvalue weighted by Gasteiger charge is -2.24. The third-order valence-electron chi connectivity index (χ3n) is 3.02. The van der Waals surface area contributed by atoms with Crippen molar-refractivity contribution in [3.63, 3.8) is 0 Å². The molecule has 20 heavy (non-hydrogen) atoms. The zero-order chi connectivity index (χ0) is 14.8. The molecule has 0 spiro atoms. The van der Waals surface area contributed by atoms with Gasteiger partial charge in [-0.15, -0.1) is 0 Å². The predicted molar refractivity (Wildman–Crippen MR) is 80.7 cm³/mol. The van der Waals surface area contributed by atoms with E-state index in [1.807, 2.05) is 18.2 Å². The highest BCUT2D eigenvalue weighted by molar-refractivity contribution is 9.10. The molecule has 0 saturated carbocycles. The third-order valence-corrected chi connectivity index (χ3v) is 3.71. The number of carbonyl (C=O) groups excluding carboxylic acids is 1.